The Morgan fingerprint density at radius 3 is 2.36 bits per heavy atom. The molecule has 1 aromatic rings. The molecular weight excluding hydrogens is 406 g/mol. The second-order valence-corrected chi connectivity index (χ2v) is 10.2. The van der Waals surface area contributed by atoms with Crippen LogP contribution in [0.25, 0.3) is 0 Å². The highest BCUT2D eigenvalue weighted by atomic mass is 32.2. The second kappa shape index (κ2) is 8.51. The SMILES string of the molecule is CNCC1CCN(c2ccc(S(C)(=O)=O)c(S(N)(=O)=O)c2/C(N)=N/N=N)CC1. The fourth-order valence-electron chi connectivity index (χ4n) is 3.41. The van der Waals surface area contributed by atoms with Gasteiger partial charge in [-0.2, -0.15) is 5.53 Å². The number of sulfone groups is 1. The average molecular weight is 432 g/mol. The first-order valence-corrected chi connectivity index (χ1v) is 11.9. The van der Waals surface area contributed by atoms with Crippen LogP contribution in [-0.4, -0.2) is 55.6 Å². The lowest BCUT2D eigenvalue weighted by Gasteiger charge is -2.35. The molecule has 0 saturated carbocycles. The Hall–Kier alpha value is -2.09. The zero-order valence-corrected chi connectivity index (χ0v) is 17.3. The molecule has 1 aliphatic heterocycles. The van der Waals surface area contributed by atoms with Crippen LogP contribution in [0.5, 0.6) is 0 Å². The zero-order valence-electron chi connectivity index (χ0n) is 15.7. The number of amidine groups is 1. The molecular formula is C15H25N7O4S2. The van der Waals surface area contributed by atoms with E-state index in [-0.39, 0.29) is 5.56 Å². The molecule has 0 aromatic heterocycles. The molecule has 0 atom stereocenters. The molecule has 1 fully saturated rings. The van der Waals surface area contributed by atoms with Gasteiger partial charge in [-0.3, -0.25) is 0 Å². The summed E-state index contributed by atoms with van der Waals surface area (Å²) >= 11 is 0. The zero-order chi connectivity index (χ0) is 21.1. The van der Waals surface area contributed by atoms with Gasteiger partial charge in [0.25, 0.3) is 0 Å². The molecule has 0 aliphatic carbocycles. The minimum atomic E-state index is -4.47. The summed E-state index contributed by atoms with van der Waals surface area (Å²) in [6, 6.07) is 2.70. The van der Waals surface area contributed by atoms with Gasteiger partial charge in [-0.25, -0.2) is 22.0 Å². The van der Waals surface area contributed by atoms with Crippen molar-refractivity contribution in [2.75, 3.05) is 37.8 Å². The van der Waals surface area contributed by atoms with Gasteiger partial charge in [-0.05, 0) is 44.5 Å². The molecule has 1 aromatic carbocycles. The summed E-state index contributed by atoms with van der Waals surface area (Å²) in [5, 5.41) is 14.8. The standard InChI is InChI=1S/C15H25N7O4S2/c1-19-9-10-5-7-22(8-6-10)11-3-4-12(27(2,23)24)14(28(18,25)26)13(11)15(16)20-21-17/h3-4,10,19H,5-9H2,1-2H3,(H3,16,17,20)(H2,18,25,26). The number of nitrogens with zero attached hydrogens (tertiary/aromatic N) is 3. The predicted molar refractivity (Wildman–Crippen MR) is 106 cm³/mol. The fourth-order valence-corrected chi connectivity index (χ4v) is 5.81. The van der Waals surface area contributed by atoms with Crippen LogP contribution in [-0.2, 0) is 19.9 Å². The van der Waals surface area contributed by atoms with Crippen molar-refractivity contribution in [2.24, 2.45) is 27.1 Å². The highest BCUT2D eigenvalue weighted by molar-refractivity contribution is 7.93. The molecule has 28 heavy (non-hydrogen) atoms. The van der Waals surface area contributed by atoms with Gasteiger partial charge in [0.05, 0.1) is 10.5 Å². The number of rotatable bonds is 7. The van der Waals surface area contributed by atoms with Crippen LogP contribution < -0.4 is 21.1 Å². The van der Waals surface area contributed by atoms with Crippen molar-refractivity contribution < 1.29 is 16.8 Å². The van der Waals surface area contributed by atoms with E-state index in [1.54, 1.807) is 0 Å². The van der Waals surface area contributed by atoms with E-state index >= 15 is 0 Å². The van der Waals surface area contributed by atoms with Crippen LogP contribution in [0.3, 0.4) is 0 Å². The summed E-state index contributed by atoms with van der Waals surface area (Å²) < 4.78 is 48.9. The van der Waals surface area contributed by atoms with E-state index in [2.05, 4.69) is 15.6 Å². The Balaban J connectivity index is 2.71. The van der Waals surface area contributed by atoms with Crippen molar-refractivity contribution in [2.45, 2.75) is 22.6 Å². The van der Waals surface area contributed by atoms with Gasteiger partial charge in [0, 0.05) is 25.0 Å². The molecule has 2 rings (SSSR count). The Kier molecular flexibility index (Phi) is 6.75. The lowest BCUT2D eigenvalue weighted by molar-refractivity contribution is 0.393. The maximum absolute atomic E-state index is 12.3. The summed E-state index contributed by atoms with van der Waals surface area (Å²) in [5.41, 5.74) is 13.0. The molecule has 0 unspecified atom stereocenters. The molecule has 0 spiro atoms. The highest BCUT2D eigenvalue weighted by Crippen LogP contribution is 2.34. The molecule has 1 saturated heterocycles. The fraction of sp³-hybridized carbons (Fsp3) is 0.533. The maximum atomic E-state index is 12.3. The third-order valence-corrected chi connectivity index (χ3v) is 6.91. The highest BCUT2D eigenvalue weighted by Gasteiger charge is 2.31. The van der Waals surface area contributed by atoms with Crippen molar-refractivity contribution >= 4 is 31.4 Å². The van der Waals surface area contributed by atoms with Gasteiger partial charge >= 0.3 is 0 Å². The van der Waals surface area contributed by atoms with Crippen LogP contribution in [0.4, 0.5) is 5.69 Å². The van der Waals surface area contributed by atoms with E-state index < -0.39 is 35.5 Å². The number of benzene rings is 1. The lowest BCUT2D eigenvalue weighted by atomic mass is 9.96. The van der Waals surface area contributed by atoms with E-state index in [4.69, 9.17) is 16.4 Å². The first-order chi connectivity index (χ1) is 13.0. The number of primary sulfonamides is 1. The Morgan fingerprint density at radius 2 is 1.89 bits per heavy atom. The predicted octanol–water partition coefficient (Wildman–Crippen LogP) is -0.175. The largest absolute Gasteiger partial charge is 0.382 e. The number of hydrogen-bond donors (Lipinski definition) is 4. The molecule has 6 N–H and O–H groups in total. The smallest absolute Gasteiger partial charge is 0.240 e. The van der Waals surface area contributed by atoms with Crippen molar-refractivity contribution in [1.82, 2.24) is 5.32 Å². The van der Waals surface area contributed by atoms with Gasteiger partial charge in [-0.1, -0.05) is 5.22 Å². The quantitative estimate of drug-likeness (QED) is 0.200. The van der Waals surface area contributed by atoms with Crippen LogP contribution in [0.1, 0.15) is 18.4 Å². The molecule has 1 aliphatic rings. The lowest BCUT2D eigenvalue weighted by Crippen LogP contribution is -2.38. The van der Waals surface area contributed by atoms with Gasteiger partial charge in [-0.15, -0.1) is 5.10 Å². The molecule has 0 bridgehead atoms. The van der Waals surface area contributed by atoms with Gasteiger partial charge in [0.1, 0.15) is 4.90 Å². The van der Waals surface area contributed by atoms with E-state index in [1.165, 1.54) is 12.1 Å². The molecule has 156 valence electrons. The first-order valence-electron chi connectivity index (χ1n) is 8.50. The summed E-state index contributed by atoms with van der Waals surface area (Å²) in [5.74, 6) is 0.0869. The van der Waals surface area contributed by atoms with Gasteiger partial charge < -0.3 is 16.0 Å². The minimum absolute atomic E-state index is 0.145. The van der Waals surface area contributed by atoms with Crippen LogP contribution in [0.2, 0.25) is 0 Å². The molecule has 0 amide bonds. The first kappa shape index (κ1) is 22.2. The number of piperidine rings is 1. The number of hydrogen-bond acceptors (Lipinski definition) is 8. The molecule has 1 heterocycles. The van der Waals surface area contributed by atoms with Crippen LogP contribution >= 0.6 is 0 Å². The van der Waals surface area contributed by atoms with Crippen molar-refractivity contribution in [3.05, 3.63) is 17.7 Å². The van der Waals surface area contributed by atoms with E-state index in [0.717, 1.165) is 25.6 Å². The minimum Gasteiger partial charge on any atom is -0.382 e. The Labute approximate surface area is 164 Å². The summed E-state index contributed by atoms with van der Waals surface area (Å²) in [4.78, 5) is 0.811. The maximum Gasteiger partial charge on any atom is 0.240 e. The van der Waals surface area contributed by atoms with Gasteiger partial charge in [0.15, 0.2) is 15.7 Å². The Morgan fingerprint density at radius 1 is 1.29 bits per heavy atom. The molecule has 13 heteroatoms. The molecule has 0 radical (unpaired) electrons. The van der Waals surface area contributed by atoms with Gasteiger partial charge in [0.2, 0.25) is 10.0 Å². The van der Waals surface area contributed by atoms with Crippen LogP contribution in [0, 0.1) is 11.4 Å². The van der Waals surface area contributed by atoms with Crippen molar-refractivity contribution in [1.29, 1.82) is 5.53 Å². The third-order valence-electron chi connectivity index (χ3n) is 4.65. The molecule has 11 nitrogen and oxygen atoms in total. The summed E-state index contributed by atoms with van der Waals surface area (Å²) in [6.07, 6.45) is 2.60. The second-order valence-electron chi connectivity index (χ2n) is 6.68. The number of nitrogens with one attached hydrogen (secondary N) is 2. The average Bonchev–Trinajstić information content (AvgIpc) is 2.60. The number of nitrogens with two attached hydrogens (primary N) is 2. The third kappa shape index (κ3) is 4.84. The normalized spacial score (nSPS) is 17.0. The Bertz CT molecular complexity index is 982. The number of sulfonamides is 1. The van der Waals surface area contributed by atoms with Crippen molar-refractivity contribution in [3.63, 3.8) is 0 Å². The number of anilines is 1. The van der Waals surface area contributed by atoms with Crippen LogP contribution in [0.15, 0.2) is 32.2 Å². The summed E-state index contributed by atoms with van der Waals surface area (Å²) in [7, 11) is -6.51. The van der Waals surface area contributed by atoms with E-state index in [1.807, 2.05) is 11.9 Å². The summed E-state index contributed by atoms with van der Waals surface area (Å²) in [6.45, 7) is 2.11. The monoisotopic (exact) mass is 431 g/mol. The van der Waals surface area contributed by atoms with E-state index in [0.29, 0.717) is 24.7 Å². The van der Waals surface area contributed by atoms with E-state index in [9.17, 15) is 16.8 Å². The topological polar surface area (TPSA) is 184 Å². The van der Waals surface area contributed by atoms with Crippen molar-refractivity contribution in [3.8, 4) is 0 Å².